The van der Waals surface area contributed by atoms with E-state index in [1.165, 1.54) is 17.5 Å². The molecule has 0 spiro atoms. The highest BCUT2D eigenvalue weighted by molar-refractivity contribution is 7.89. The minimum absolute atomic E-state index is 0.168. The molecule has 3 heterocycles. The Morgan fingerprint density at radius 2 is 2.13 bits per heavy atom. The number of hydrogen-bond donors (Lipinski definition) is 3. The normalized spacial score (nSPS) is 23.9. The maximum atomic E-state index is 13.1. The lowest BCUT2D eigenvalue weighted by molar-refractivity contribution is 0.0730. The Balaban J connectivity index is 1.72. The van der Waals surface area contributed by atoms with E-state index in [1.54, 1.807) is 12.1 Å². The second-order valence-electron chi connectivity index (χ2n) is 7.66. The van der Waals surface area contributed by atoms with Crippen molar-refractivity contribution < 1.29 is 17.9 Å². The highest BCUT2D eigenvalue weighted by Crippen LogP contribution is 2.35. The number of sulfonamides is 1. The molecular formula is C21H29N5O4S. The fourth-order valence-electron chi connectivity index (χ4n) is 3.95. The van der Waals surface area contributed by atoms with E-state index in [2.05, 4.69) is 22.5 Å². The lowest BCUT2D eigenvalue weighted by Crippen LogP contribution is -2.55. The highest BCUT2D eigenvalue weighted by Gasteiger charge is 2.37. The van der Waals surface area contributed by atoms with E-state index in [0.29, 0.717) is 44.2 Å². The van der Waals surface area contributed by atoms with Crippen LogP contribution >= 0.6 is 0 Å². The van der Waals surface area contributed by atoms with Crippen LogP contribution < -0.4 is 21.1 Å². The van der Waals surface area contributed by atoms with Gasteiger partial charge in [-0.15, -0.1) is 0 Å². The molecule has 10 heteroatoms. The number of amidine groups is 1. The van der Waals surface area contributed by atoms with Crippen LogP contribution in [0.3, 0.4) is 0 Å². The van der Waals surface area contributed by atoms with E-state index < -0.39 is 15.7 Å². The van der Waals surface area contributed by atoms with E-state index in [9.17, 15) is 8.42 Å². The monoisotopic (exact) mass is 447 g/mol. The number of methoxy groups -OCH3 is 1. The first-order chi connectivity index (χ1) is 14.9. The van der Waals surface area contributed by atoms with Gasteiger partial charge in [-0.25, -0.2) is 8.42 Å². The molecule has 3 aliphatic heterocycles. The Bertz CT molecular complexity index is 1040. The maximum absolute atomic E-state index is 13.1. The minimum Gasteiger partial charge on any atom is -0.496 e. The summed E-state index contributed by atoms with van der Waals surface area (Å²) in [4.78, 5) is 4.68. The zero-order chi connectivity index (χ0) is 22.1. The number of morpholine rings is 1. The number of fused-ring (bicyclic) bond motifs is 1. The topological polar surface area (TPSA) is 118 Å². The summed E-state index contributed by atoms with van der Waals surface area (Å²) in [6, 6.07) is 4.82. The van der Waals surface area contributed by atoms with Crippen molar-refractivity contribution in [2.24, 2.45) is 10.7 Å². The summed E-state index contributed by atoms with van der Waals surface area (Å²) in [7, 11) is -2.14. The third kappa shape index (κ3) is 4.08. The summed E-state index contributed by atoms with van der Waals surface area (Å²) < 4.78 is 38.4. The number of nitrogens with one attached hydrogen (secondary N) is 2. The number of benzene rings is 1. The van der Waals surface area contributed by atoms with Crippen LogP contribution in [0.25, 0.3) is 0 Å². The van der Waals surface area contributed by atoms with E-state index in [4.69, 9.17) is 15.2 Å². The van der Waals surface area contributed by atoms with Gasteiger partial charge in [-0.3, -0.25) is 4.99 Å². The summed E-state index contributed by atoms with van der Waals surface area (Å²) in [6.07, 6.45) is 4.93. The van der Waals surface area contributed by atoms with Crippen molar-refractivity contribution in [1.29, 1.82) is 0 Å². The lowest BCUT2D eigenvalue weighted by Gasteiger charge is -2.36. The number of rotatable bonds is 7. The zero-order valence-electron chi connectivity index (χ0n) is 17.8. The predicted molar refractivity (Wildman–Crippen MR) is 118 cm³/mol. The maximum Gasteiger partial charge on any atom is 0.243 e. The number of nitrogens with zero attached hydrogens (tertiary/aromatic N) is 2. The Kier molecular flexibility index (Phi) is 6.07. The Morgan fingerprint density at radius 1 is 1.35 bits per heavy atom. The first-order valence-corrected chi connectivity index (χ1v) is 11.9. The number of aliphatic imine (C=N–C) groups is 1. The number of ether oxygens (including phenoxy) is 2. The van der Waals surface area contributed by atoms with Crippen molar-refractivity contribution in [3.05, 3.63) is 47.2 Å². The Morgan fingerprint density at radius 3 is 2.84 bits per heavy atom. The quantitative estimate of drug-likeness (QED) is 0.562. The molecule has 0 amide bonds. The first kappa shape index (κ1) is 21.8. The molecular weight excluding hydrogens is 418 g/mol. The van der Waals surface area contributed by atoms with Gasteiger partial charge in [0, 0.05) is 42.5 Å². The molecule has 1 saturated heterocycles. The van der Waals surface area contributed by atoms with Crippen LogP contribution in [0.4, 0.5) is 0 Å². The highest BCUT2D eigenvalue weighted by atomic mass is 32.2. The van der Waals surface area contributed by atoms with Gasteiger partial charge >= 0.3 is 0 Å². The van der Waals surface area contributed by atoms with Crippen LogP contribution in [0.15, 0.2) is 51.5 Å². The first-order valence-electron chi connectivity index (χ1n) is 10.4. The van der Waals surface area contributed by atoms with Crippen molar-refractivity contribution in [1.82, 2.24) is 14.9 Å². The van der Waals surface area contributed by atoms with Gasteiger partial charge in [-0.2, -0.15) is 4.31 Å². The summed E-state index contributed by atoms with van der Waals surface area (Å²) >= 11 is 0. The molecule has 168 valence electrons. The fraction of sp³-hybridized carbons (Fsp3) is 0.476. The van der Waals surface area contributed by atoms with Gasteiger partial charge in [0.15, 0.2) is 0 Å². The average molecular weight is 448 g/mol. The Labute approximate surface area is 183 Å². The molecule has 4 N–H and O–H groups in total. The summed E-state index contributed by atoms with van der Waals surface area (Å²) in [5.41, 5.74) is 8.21. The van der Waals surface area contributed by atoms with Crippen LogP contribution in [0.5, 0.6) is 5.75 Å². The lowest BCUT2D eigenvalue weighted by atomic mass is 9.92. The molecule has 1 aromatic rings. The van der Waals surface area contributed by atoms with Crippen molar-refractivity contribution in [2.75, 3.05) is 46.5 Å². The molecule has 31 heavy (non-hydrogen) atoms. The molecule has 3 aliphatic rings. The second kappa shape index (κ2) is 8.62. The van der Waals surface area contributed by atoms with Gasteiger partial charge in [0.2, 0.25) is 10.0 Å². The van der Waals surface area contributed by atoms with Crippen LogP contribution in [-0.2, 0) is 20.4 Å². The van der Waals surface area contributed by atoms with Crippen molar-refractivity contribution in [3.8, 4) is 5.75 Å². The Hall–Kier alpha value is -2.40. The zero-order valence-corrected chi connectivity index (χ0v) is 18.7. The molecule has 1 fully saturated rings. The van der Waals surface area contributed by atoms with E-state index in [1.807, 2.05) is 12.2 Å². The average Bonchev–Trinajstić information content (AvgIpc) is 3.25. The largest absolute Gasteiger partial charge is 0.496 e. The molecule has 0 aliphatic carbocycles. The smallest absolute Gasteiger partial charge is 0.243 e. The van der Waals surface area contributed by atoms with Gasteiger partial charge in [0.05, 0.1) is 31.8 Å². The molecule has 0 aromatic heterocycles. The SMILES string of the molecule is CCCNC1=CC(N)(c2ccc(S(=O)(=O)N3CCOCC3)cc2OC)NC2=NCC=C12. The van der Waals surface area contributed by atoms with Crippen molar-refractivity contribution in [2.45, 2.75) is 23.9 Å². The molecule has 0 radical (unpaired) electrons. The van der Waals surface area contributed by atoms with Crippen LogP contribution in [0.2, 0.25) is 0 Å². The van der Waals surface area contributed by atoms with Gasteiger partial charge in [-0.1, -0.05) is 13.0 Å². The standard InChI is InChI=1S/C21H29N5O4S/c1-3-7-23-18-14-21(22,25-20-16(18)6-8-24-20)17-5-4-15(13-19(17)29-2)31(27,28)26-9-11-30-12-10-26/h4-6,13-14,23H,3,7-12,22H2,1-2H3,(H,24,25). The van der Waals surface area contributed by atoms with E-state index in [0.717, 1.165) is 30.1 Å². The summed E-state index contributed by atoms with van der Waals surface area (Å²) in [6.45, 7) is 4.94. The molecule has 9 nitrogen and oxygen atoms in total. The molecule has 1 aromatic carbocycles. The molecule has 1 atom stereocenters. The van der Waals surface area contributed by atoms with Crippen molar-refractivity contribution in [3.63, 3.8) is 0 Å². The third-order valence-electron chi connectivity index (χ3n) is 5.58. The van der Waals surface area contributed by atoms with Crippen LogP contribution in [0.1, 0.15) is 18.9 Å². The summed E-state index contributed by atoms with van der Waals surface area (Å²) in [5.74, 6) is 1.11. The van der Waals surface area contributed by atoms with Gasteiger partial charge in [-0.05, 0) is 24.6 Å². The summed E-state index contributed by atoms with van der Waals surface area (Å²) in [5, 5.41) is 6.72. The van der Waals surface area contributed by atoms with Gasteiger partial charge < -0.3 is 25.8 Å². The third-order valence-corrected chi connectivity index (χ3v) is 7.47. The van der Waals surface area contributed by atoms with Crippen LogP contribution in [0, 0.1) is 0 Å². The van der Waals surface area contributed by atoms with Crippen LogP contribution in [-0.4, -0.2) is 65.1 Å². The molecule has 1 unspecified atom stereocenters. The molecule has 0 bridgehead atoms. The predicted octanol–water partition coefficient (Wildman–Crippen LogP) is 0.653. The number of nitrogens with two attached hydrogens (primary N) is 1. The van der Waals surface area contributed by atoms with Gasteiger partial charge in [0.25, 0.3) is 0 Å². The fourth-order valence-corrected chi connectivity index (χ4v) is 5.38. The molecule has 0 saturated carbocycles. The van der Waals surface area contributed by atoms with E-state index in [-0.39, 0.29) is 4.90 Å². The van der Waals surface area contributed by atoms with Crippen molar-refractivity contribution >= 4 is 15.9 Å². The second-order valence-corrected chi connectivity index (χ2v) is 9.60. The molecule has 4 rings (SSSR count). The minimum atomic E-state index is -3.65. The van der Waals surface area contributed by atoms with Gasteiger partial charge in [0.1, 0.15) is 17.2 Å². The van der Waals surface area contributed by atoms with E-state index >= 15 is 0 Å². The number of hydrogen-bond acceptors (Lipinski definition) is 8.